The van der Waals surface area contributed by atoms with E-state index in [4.69, 9.17) is 13.9 Å². The van der Waals surface area contributed by atoms with Gasteiger partial charge in [0.05, 0.1) is 26.4 Å². The van der Waals surface area contributed by atoms with Crippen molar-refractivity contribution in [2.45, 2.75) is 25.4 Å². The summed E-state index contributed by atoms with van der Waals surface area (Å²) in [5.41, 5.74) is 0.515. The van der Waals surface area contributed by atoms with Crippen LogP contribution in [0.25, 0.3) is 0 Å². The molecular formula is C11H19O4Si. The summed E-state index contributed by atoms with van der Waals surface area (Å²) >= 11 is 0. The van der Waals surface area contributed by atoms with Crippen LogP contribution in [-0.4, -0.2) is 41.4 Å². The molecule has 2 rings (SSSR count). The Morgan fingerprint density at radius 1 is 1.31 bits per heavy atom. The summed E-state index contributed by atoms with van der Waals surface area (Å²) in [4.78, 5) is 11.1. The highest BCUT2D eigenvalue weighted by molar-refractivity contribution is 6.55. The van der Waals surface area contributed by atoms with Gasteiger partial charge in [0.1, 0.15) is 0 Å². The van der Waals surface area contributed by atoms with E-state index in [1.165, 1.54) is 6.92 Å². The van der Waals surface area contributed by atoms with Crippen molar-refractivity contribution in [1.82, 2.24) is 0 Å². The molecule has 1 radical (unpaired) electrons. The maximum atomic E-state index is 11.1. The molecule has 0 aromatic rings. The molecule has 0 atom stereocenters. The summed E-state index contributed by atoms with van der Waals surface area (Å²) in [6.45, 7) is 6.94. The van der Waals surface area contributed by atoms with Crippen LogP contribution < -0.4 is 0 Å². The molecule has 0 aromatic heterocycles. The zero-order valence-electron chi connectivity index (χ0n) is 9.90. The average molecular weight is 243 g/mol. The Hall–Kier alpha value is -0.393. The molecular weight excluding hydrogens is 224 g/mol. The summed E-state index contributed by atoms with van der Waals surface area (Å²) in [5.74, 6) is 1.03. The SMILES string of the molecule is CC[Si](OC(C)=O)C(C1COC1)C1COC1. The van der Waals surface area contributed by atoms with Crippen LogP contribution in [0.4, 0.5) is 0 Å². The zero-order chi connectivity index (χ0) is 11.5. The summed E-state index contributed by atoms with van der Waals surface area (Å²) in [5, 5.41) is 0. The van der Waals surface area contributed by atoms with Crippen molar-refractivity contribution in [3.8, 4) is 0 Å². The minimum Gasteiger partial charge on any atom is -0.517 e. The van der Waals surface area contributed by atoms with Crippen LogP contribution >= 0.6 is 0 Å². The van der Waals surface area contributed by atoms with E-state index in [0.717, 1.165) is 32.5 Å². The molecule has 2 heterocycles. The molecule has 0 bridgehead atoms. The Bertz CT molecular complexity index is 236. The van der Waals surface area contributed by atoms with E-state index in [9.17, 15) is 4.79 Å². The van der Waals surface area contributed by atoms with Crippen molar-refractivity contribution in [3.05, 3.63) is 0 Å². The fraction of sp³-hybridized carbons (Fsp3) is 0.909. The Morgan fingerprint density at radius 3 is 2.06 bits per heavy atom. The highest BCUT2D eigenvalue weighted by Crippen LogP contribution is 2.40. The second-order valence-corrected chi connectivity index (χ2v) is 7.04. The molecule has 4 nitrogen and oxygen atoms in total. The van der Waals surface area contributed by atoms with Crippen molar-refractivity contribution >= 4 is 15.0 Å². The van der Waals surface area contributed by atoms with Gasteiger partial charge in [0.2, 0.25) is 0 Å². The van der Waals surface area contributed by atoms with Crippen LogP contribution in [0, 0.1) is 11.8 Å². The molecule has 0 aliphatic carbocycles. The van der Waals surface area contributed by atoms with Crippen LogP contribution in [0.2, 0.25) is 11.6 Å². The number of carbonyl (C=O) groups excluding carboxylic acids is 1. The molecule has 0 amide bonds. The lowest BCUT2D eigenvalue weighted by atomic mass is 9.91. The second kappa shape index (κ2) is 5.29. The quantitative estimate of drug-likeness (QED) is 0.681. The van der Waals surface area contributed by atoms with E-state index in [-0.39, 0.29) is 5.97 Å². The second-order valence-electron chi connectivity index (χ2n) is 4.53. The summed E-state index contributed by atoms with van der Waals surface area (Å²) in [6.07, 6.45) is 0. The Balaban J connectivity index is 1.99. The molecule has 5 heteroatoms. The lowest BCUT2D eigenvalue weighted by molar-refractivity contribution is -0.133. The smallest absolute Gasteiger partial charge is 0.289 e. The lowest BCUT2D eigenvalue weighted by Gasteiger charge is -2.43. The topological polar surface area (TPSA) is 44.8 Å². The molecule has 2 aliphatic rings. The summed E-state index contributed by atoms with van der Waals surface area (Å²) in [7, 11) is -1.05. The predicted octanol–water partition coefficient (Wildman–Crippen LogP) is 1.22. The Labute approximate surface area is 98.0 Å². The van der Waals surface area contributed by atoms with E-state index < -0.39 is 9.04 Å². The van der Waals surface area contributed by atoms with Gasteiger partial charge in [-0.05, 0) is 6.04 Å². The van der Waals surface area contributed by atoms with E-state index in [1.54, 1.807) is 0 Å². The number of carbonyl (C=O) groups is 1. The minimum atomic E-state index is -1.05. The molecule has 91 valence electrons. The Kier molecular flexibility index (Phi) is 3.99. The van der Waals surface area contributed by atoms with E-state index >= 15 is 0 Å². The third kappa shape index (κ3) is 2.47. The van der Waals surface area contributed by atoms with Gasteiger partial charge < -0.3 is 13.9 Å². The van der Waals surface area contributed by atoms with Crippen molar-refractivity contribution in [2.75, 3.05) is 26.4 Å². The number of ether oxygens (including phenoxy) is 2. The van der Waals surface area contributed by atoms with Gasteiger partial charge in [0, 0.05) is 24.3 Å². The van der Waals surface area contributed by atoms with Gasteiger partial charge in [-0.25, -0.2) is 0 Å². The van der Waals surface area contributed by atoms with E-state index in [2.05, 4.69) is 6.92 Å². The standard InChI is InChI=1S/C11H19O4Si/c1-3-16(15-8(2)12)11(9-4-13-5-9)10-6-14-7-10/h9-11H,3-7H2,1-2H3. The van der Waals surface area contributed by atoms with Crippen molar-refractivity contribution in [3.63, 3.8) is 0 Å². The van der Waals surface area contributed by atoms with Gasteiger partial charge in [-0.2, -0.15) is 0 Å². The van der Waals surface area contributed by atoms with Gasteiger partial charge in [0.15, 0.2) is 0 Å². The largest absolute Gasteiger partial charge is 0.517 e. The fourth-order valence-electron chi connectivity index (χ4n) is 2.39. The summed E-state index contributed by atoms with van der Waals surface area (Å²) in [6, 6.07) is 0.974. The average Bonchev–Trinajstić information content (AvgIpc) is 2.07. The van der Waals surface area contributed by atoms with Crippen LogP contribution in [0.15, 0.2) is 0 Å². The molecule has 16 heavy (non-hydrogen) atoms. The first kappa shape index (κ1) is 12.1. The van der Waals surface area contributed by atoms with Crippen LogP contribution in [0.3, 0.4) is 0 Å². The number of hydrogen-bond donors (Lipinski definition) is 0. The Morgan fingerprint density at radius 2 is 1.81 bits per heavy atom. The first-order valence-corrected chi connectivity index (χ1v) is 7.61. The third-order valence-corrected chi connectivity index (χ3v) is 6.27. The first-order chi connectivity index (χ1) is 7.72. The van der Waals surface area contributed by atoms with Crippen molar-refractivity contribution in [2.24, 2.45) is 11.8 Å². The van der Waals surface area contributed by atoms with Crippen molar-refractivity contribution in [1.29, 1.82) is 0 Å². The lowest BCUT2D eigenvalue weighted by Crippen LogP contribution is -2.48. The number of rotatable bonds is 5. The van der Waals surface area contributed by atoms with Crippen molar-refractivity contribution < 1.29 is 18.7 Å². The van der Waals surface area contributed by atoms with Gasteiger partial charge in [-0.15, -0.1) is 0 Å². The minimum absolute atomic E-state index is 0.138. The van der Waals surface area contributed by atoms with Crippen LogP contribution in [-0.2, 0) is 18.7 Å². The van der Waals surface area contributed by atoms with Gasteiger partial charge in [-0.1, -0.05) is 6.92 Å². The van der Waals surface area contributed by atoms with Gasteiger partial charge >= 0.3 is 0 Å². The van der Waals surface area contributed by atoms with Gasteiger partial charge in [0.25, 0.3) is 15.0 Å². The number of hydrogen-bond acceptors (Lipinski definition) is 4. The first-order valence-electron chi connectivity index (χ1n) is 5.92. The summed E-state index contributed by atoms with van der Waals surface area (Å²) < 4.78 is 16.1. The molecule has 2 aliphatic heterocycles. The molecule has 0 N–H and O–H groups in total. The monoisotopic (exact) mass is 243 g/mol. The predicted molar refractivity (Wildman–Crippen MR) is 60.4 cm³/mol. The van der Waals surface area contributed by atoms with E-state index in [1.807, 2.05) is 0 Å². The molecule has 0 saturated carbocycles. The molecule has 2 saturated heterocycles. The van der Waals surface area contributed by atoms with Crippen LogP contribution in [0.1, 0.15) is 13.8 Å². The van der Waals surface area contributed by atoms with Gasteiger partial charge in [-0.3, -0.25) is 4.79 Å². The third-order valence-electron chi connectivity index (χ3n) is 3.34. The maximum Gasteiger partial charge on any atom is 0.289 e. The normalized spacial score (nSPS) is 22.0. The molecule has 0 unspecified atom stereocenters. The zero-order valence-corrected chi connectivity index (χ0v) is 10.9. The maximum absolute atomic E-state index is 11.1. The molecule has 0 aromatic carbocycles. The highest BCUT2D eigenvalue weighted by atomic mass is 28.3. The van der Waals surface area contributed by atoms with Crippen LogP contribution in [0.5, 0.6) is 0 Å². The molecule has 0 spiro atoms. The van der Waals surface area contributed by atoms with E-state index in [0.29, 0.717) is 17.4 Å². The highest BCUT2D eigenvalue weighted by Gasteiger charge is 2.45. The molecule has 2 fully saturated rings. The fourth-order valence-corrected chi connectivity index (χ4v) is 4.95.